The van der Waals surface area contributed by atoms with Crippen LogP contribution in [-0.2, 0) is 0 Å². The molecule has 2 atom stereocenters. The van der Waals surface area contributed by atoms with Crippen LogP contribution in [0.2, 0.25) is 0 Å². The average molecular weight is 385 g/mol. The molecule has 6 heteroatoms. The maximum Gasteiger partial charge on any atom is 0.278 e. The first-order chi connectivity index (χ1) is 14.1. The lowest BCUT2D eigenvalue weighted by atomic mass is 9.95. The Kier molecular flexibility index (Phi) is 4.05. The summed E-state index contributed by atoms with van der Waals surface area (Å²) < 4.78 is 6.24. The summed E-state index contributed by atoms with van der Waals surface area (Å²) in [5.41, 5.74) is 4.80. The highest BCUT2D eigenvalue weighted by Crippen LogP contribution is 2.48. The van der Waals surface area contributed by atoms with Crippen LogP contribution in [0.4, 0.5) is 5.69 Å². The lowest BCUT2D eigenvalue weighted by molar-refractivity contribution is -0.386. The number of para-hydroxylation sites is 2. The molecular formula is C23H19N3O3. The highest BCUT2D eigenvalue weighted by molar-refractivity contribution is 6.02. The molecule has 0 N–H and O–H groups in total. The van der Waals surface area contributed by atoms with Crippen LogP contribution in [0.1, 0.15) is 40.9 Å². The largest absolute Gasteiger partial charge is 0.464 e. The second-order valence-corrected chi connectivity index (χ2v) is 7.34. The lowest BCUT2D eigenvalue weighted by Gasteiger charge is -2.37. The maximum atomic E-state index is 11.6. The molecule has 29 heavy (non-hydrogen) atoms. The number of nitro groups is 1. The molecule has 6 nitrogen and oxygen atoms in total. The molecule has 2 aliphatic rings. The predicted octanol–water partition coefficient (Wildman–Crippen LogP) is 5.15. The third-order valence-electron chi connectivity index (χ3n) is 5.48. The Morgan fingerprint density at radius 2 is 1.69 bits per heavy atom. The summed E-state index contributed by atoms with van der Waals surface area (Å²) in [6, 6.07) is 22.8. The molecule has 0 aliphatic carbocycles. The van der Waals surface area contributed by atoms with E-state index in [-0.39, 0.29) is 16.7 Å². The number of rotatable bonds is 3. The van der Waals surface area contributed by atoms with Crippen LogP contribution in [0, 0.1) is 17.0 Å². The van der Waals surface area contributed by atoms with Crippen LogP contribution < -0.4 is 4.74 Å². The Hall–Kier alpha value is -3.67. The summed E-state index contributed by atoms with van der Waals surface area (Å²) in [5, 5.41) is 18.4. The second-order valence-electron chi connectivity index (χ2n) is 7.34. The minimum atomic E-state index is -0.653. The number of hydrazone groups is 1. The van der Waals surface area contributed by atoms with Gasteiger partial charge in [-0.3, -0.25) is 10.1 Å². The Balaban J connectivity index is 1.63. The van der Waals surface area contributed by atoms with E-state index >= 15 is 0 Å². The fraction of sp³-hybridized carbons (Fsp3) is 0.174. The highest BCUT2D eigenvalue weighted by atomic mass is 16.6. The first-order valence-electron chi connectivity index (χ1n) is 9.53. The molecule has 0 radical (unpaired) electrons. The van der Waals surface area contributed by atoms with Gasteiger partial charge in [0.25, 0.3) is 5.69 Å². The summed E-state index contributed by atoms with van der Waals surface area (Å²) in [7, 11) is 0. The molecule has 3 aromatic carbocycles. The highest BCUT2D eigenvalue weighted by Gasteiger charge is 2.42. The van der Waals surface area contributed by atoms with Gasteiger partial charge in [0.15, 0.2) is 0 Å². The molecule has 0 aromatic heterocycles. The zero-order chi connectivity index (χ0) is 20.0. The minimum Gasteiger partial charge on any atom is -0.464 e. The number of fused-ring (bicyclic) bond motifs is 3. The van der Waals surface area contributed by atoms with E-state index in [1.54, 1.807) is 18.2 Å². The van der Waals surface area contributed by atoms with Crippen molar-refractivity contribution in [2.45, 2.75) is 25.6 Å². The molecule has 144 valence electrons. The zero-order valence-corrected chi connectivity index (χ0v) is 15.9. The van der Waals surface area contributed by atoms with Gasteiger partial charge in [-0.15, -0.1) is 0 Å². The van der Waals surface area contributed by atoms with Crippen LogP contribution >= 0.6 is 0 Å². The van der Waals surface area contributed by atoms with Crippen molar-refractivity contribution in [1.82, 2.24) is 5.01 Å². The van der Waals surface area contributed by atoms with Crippen LogP contribution in [0.25, 0.3) is 0 Å². The monoisotopic (exact) mass is 385 g/mol. The van der Waals surface area contributed by atoms with Gasteiger partial charge in [0, 0.05) is 18.1 Å². The van der Waals surface area contributed by atoms with E-state index in [0.717, 1.165) is 29.0 Å². The molecule has 0 saturated heterocycles. The minimum absolute atomic E-state index is 0.0268. The number of hydrogen-bond donors (Lipinski definition) is 0. The lowest BCUT2D eigenvalue weighted by Crippen LogP contribution is -2.34. The summed E-state index contributed by atoms with van der Waals surface area (Å²) in [6.45, 7) is 2.05. The van der Waals surface area contributed by atoms with Gasteiger partial charge in [0.2, 0.25) is 6.23 Å². The molecule has 0 amide bonds. The van der Waals surface area contributed by atoms with Crippen molar-refractivity contribution in [1.29, 1.82) is 0 Å². The van der Waals surface area contributed by atoms with Crippen molar-refractivity contribution in [2.75, 3.05) is 0 Å². The molecular weight excluding hydrogens is 366 g/mol. The first kappa shape index (κ1) is 17.4. The standard InChI is InChI=1S/C23H19N3O3/c1-15-10-12-16(13-11-15)19-14-21-17-6-3-5-9-22(17)29-23(25(21)24-19)18-7-2-4-8-20(18)26(27)28/h2-13,21,23H,14H2,1H3. The molecule has 3 aromatic rings. The van der Waals surface area contributed by atoms with Crippen molar-refractivity contribution in [3.63, 3.8) is 0 Å². The predicted molar refractivity (Wildman–Crippen MR) is 110 cm³/mol. The van der Waals surface area contributed by atoms with Gasteiger partial charge in [-0.2, -0.15) is 5.10 Å². The fourth-order valence-electron chi connectivity index (χ4n) is 4.02. The molecule has 2 unspecified atom stereocenters. The molecule has 5 rings (SSSR count). The molecule has 0 saturated carbocycles. The normalized spacial score (nSPS) is 19.8. The van der Waals surface area contributed by atoms with Gasteiger partial charge in [-0.1, -0.05) is 60.2 Å². The Labute approximate surface area is 168 Å². The van der Waals surface area contributed by atoms with Crippen LogP contribution in [0.15, 0.2) is 77.9 Å². The second kappa shape index (κ2) is 6.74. The Bertz CT molecular complexity index is 1120. The number of hydrogen-bond acceptors (Lipinski definition) is 5. The van der Waals surface area contributed by atoms with Gasteiger partial charge in [0.05, 0.1) is 22.2 Å². The van der Waals surface area contributed by atoms with Crippen molar-refractivity contribution in [2.24, 2.45) is 5.10 Å². The molecule has 2 aliphatic heterocycles. The van der Waals surface area contributed by atoms with Gasteiger partial charge in [-0.05, 0) is 24.6 Å². The van der Waals surface area contributed by atoms with Gasteiger partial charge >= 0.3 is 0 Å². The zero-order valence-electron chi connectivity index (χ0n) is 15.9. The molecule has 0 bridgehead atoms. The van der Waals surface area contributed by atoms with E-state index in [9.17, 15) is 10.1 Å². The third kappa shape index (κ3) is 2.93. The maximum absolute atomic E-state index is 11.6. The number of benzene rings is 3. The number of nitrogens with zero attached hydrogens (tertiary/aromatic N) is 3. The van der Waals surface area contributed by atoms with Crippen LogP contribution in [0.5, 0.6) is 5.75 Å². The van der Waals surface area contributed by atoms with Crippen molar-refractivity contribution < 1.29 is 9.66 Å². The number of nitro benzene ring substituents is 1. The molecule has 2 heterocycles. The molecule has 0 spiro atoms. The quantitative estimate of drug-likeness (QED) is 0.462. The van der Waals surface area contributed by atoms with Crippen LogP contribution in [-0.4, -0.2) is 15.6 Å². The van der Waals surface area contributed by atoms with Gasteiger partial charge < -0.3 is 4.74 Å². The van der Waals surface area contributed by atoms with Crippen molar-refractivity contribution in [3.05, 3.63) is 105 Å². The first-order valence-corrected chi connectivity index (χ1v) is 9.53. The van der Waals surface area contributed by atoms with E-state index in [4.69, 9.17) is 9.84 Å². The van der Waals surface area contributed by atoms with E-state index in [1.807, 2.05) is 29.3 Å². The van der Waals surface area contributed by atoms with E-state index in [1.165, 1.54) is 11.6 Å². The van der Waals surface area contributed by atoms with Gasteiger partial charge in [0.1, 0.15) is 5.75 Å². The number of aryl methyl sites for hydroxylation is 1. The summed E-state index contributed by atoms with van der Waals surface area (Å²) >= 11 is 0. The fourth-order valence-corrected chi connectivity index (χ4v) is 4.02. The van der Waals surface area contributed by atoms with Gasteiger partial charge in [-0.25, -0.2) is 5.01 Å². The molecule has 0 fully saturated rings. The number of ether oxygens (including phenoxy) is 1. The Morgan fingerprint density at radius 3 is 2.45 bits per heavy atom. The van der Waals surface area contributed by atoms with E-state index in [0.29, 0.717) is 5.56 Å². The van der Waals surface area contributed by atoms with E-state index in [2.05, 4.69) is 31.2 Å². The topological polar surface area (TPSA) is 68.0 Å². The van der Waals surface area contributed by atoms with E-state index < -0.39 is 6.23 Å². The Morgan fingerprint density at radius 1 is 1.00 bits per heavy atom. The van der Waals surface area contributed by atoms with Crippen molar-refractivity contribution >= 4 is 11.4 Å². The van der Waals surface area contributed by atoms with Crippen molar-refractivity contribution in [3.8, 4) is 5.75 Å². The summed E-state index contributed by atoms with van der Waals surface area (Å²) in [4.78, 5) is 11.2. The SMILES string of the molecule is Cc1ccc(C2=NN3C(C2)c2ccccc2OC3c2ccccc2[N+](=O)[O-])cc1. The van der Waals surface area contributed by atoms with Crippen LogP contribution in [0.3, 0.4) is 0 Å². The third-order valence-corrected chi connectivity index (χ3v) is 5.48. The summed E-state index contributed by atoms with van der Waals surface area (Å²) in [6.07, 6.45) is 0.0695. The average Bonchev–Trinajstić information content (AvgIpc) is 3.19. The smallest absolute Gasteiger partial charge is 0.278 e. The summed E-state index contributed by atoms with van der Waals surface area (Å²) in [5.74, 6) is 0.747.